The van der Waals surface area contributed by atoms with E-state index in [-0.39, 0.29) is 5.69 Å². The van der Waals surface area contributed by atoms with E-state index in [1.54, 1.807) is 86.0 Å². The molecule has 0 spiro atoms. The highest BCUT2D eigenvalue weighted by atomic mass is 16.5. The fraction of sp³-hybridized carbons (Fsp3) is 0.0800. The number of hydrazone groups is 1. The number of hydrogen-bond acceptors (Lipinski definition) is 6. The van der Waals surface area contributed by atoms with Crippen LogP contribution in [0.1, 0.15) is 27.7 Å². The van der Waals surface area contributed by atoms with Gasteiger partial charge >= 0.3 is 0 Å². The Balaban J connectivity index is 1.64. The maximum absolute atomic E-state index is 13.1. The van der Waals surface area contributed by atoms with E-state index in [1.165, 1.54) is 6.21 Å². The van der Waals surface area contributed by atoms with Gasteiger partial charge in [-0.05, 0) is 48.0 Å². The lowest BCUT2D eigenvalue weighted by molar-refractivity contribution is -0.123. The zero-order chi connectivity index (χ0) is 23.9. The molecule has 9 heteroatoms. The molecule has 0 aliphatic rings. The van der Waals surface area contributed by atoms with Crippen LogP contribution in [0.15, 0.2) is 88.8 Å². The maximum atomic E-state index is 13.1. The third-order valence-electron chi connectivity index (χ3n) is 5.08. The van der Waals surface area contributed by atoms with Crippen molar-refractivity contribution in [3.8, 4) is 5.75 Å². The average Bonchev–Trinajstić information content (AvgIpc) is 2.88. The monoisotopic (exact) mass is 455 g/mol. The molecule has 4 rings (SSSR count). The summed E-state index contributed by atoms with van der Waals surface area (Å²) in [4.78, 5) is 38.2. The van der Waals surface area contributed by atoms with Gasteiger partial charge in [0.25, 0.3) is 17.4 Å². The van der Waals surface area contributed by atoms with Crippen LogP contribution in [0.4, 0.5) is 0 Å². The second-order valence-corrected chi connectivity index (χ2v) is 7.26. The number of fused-ring (bicyclic) bond motifs is 1. The van der Waals surface area contributed by atoms with Gasteiger partial charge in [-0.1, -0.05) is 36.4 Å². The Hall–Kier alpha value is -4.79. The maximum Gasteiger partial charge on any atom is 0.272 e. The predicted octanol–water partition coefficient (Wildman–Crippen LogP) is 2.55. The van der Waals surface area contributed by atoms with Crippen molar-refractivity contribution in [3.63, 3.8) is 0 Å². The van der Waals surface area contributed by atoms with Gasteiger partial charge in [0.1, 0.15) is 11.4 Å². The van der Waals surface area contributed by atoms with E-state index in [1.807, 2.05) is 0 Å². The highest BCUT2D eigenvalue weighted by molar-refractivity contribution is 5.99. The Bertz CT molecular complexity index is 1400. The molecule has 0 fully saturated rings. The van der Waals surface area contributed by atoms with Crippen molar-refractivity contribution >= 4 is 28.8 Å². The SMILES string of the molecule is COc1ccc(C=NNC(=O)C(NC(=O)c2ccccc2)c2n[nH]c(=O)c3ccccc23)cc1. The van der Waals surface area contributed by atoms with Gasteiger partial charge in [0.05, 0.1) is 18.7 Å². The van der Waals surface area contributed by atoms with Crippen LogP contribution in [0.2, 0.25) is 0 Å². The lowest BCUT2D eigenvalue weighted by Gasteiger charge is -2.18. The number of rotatable bonds is 7. The molecule has 1 heterocycles. The number of carbonyl (C=O) groups is 2. The van der Waals surface area contributed by atoms with Crippen LogP contribution < -0.4 is 21.0 Å². The van der Waals surface area contributed by atoms with Crippen LogP contribution in [0.5, 0.6) is 5.75 Å². The molecule has 170 valence electrons. The molecule has 0 saturated carbocycles. The fourth-order valence-electron chi connectivity index (χ4n) is 3.34. The smallest absolute Gasteiger partial charge is 0.272 e. The van der Waals surface area contributed by atoms with Gasteiger partial charge in [-0.15, -0.1) is 0 Å². The highest BCUT2D eigenvalue weighted by Crippen LogP contribution is 2.20. The number of aromatic nitrogens is 2. The van der Waals surface area contributed by atoms with Gasteiger partial charge in [-0.25, -0.2) is 10.5 Å². The van der Waals surface area contributed by atoms with Crippen LogP contribution in [-0.4, -0.2) is 35.3 Å². The molecule has 9 nitrogen and oxygen atoms in total. The normalized spacial score (nSPS) is 11.8. The lowest BCUT2D eigenvalue weighted by atomic mass is 10.0. The summed E-state index contributed by atoms with van der Waals surface area (Å²) in [5.74, 6) is -0.406. The number of hydrogen-bond donors (Lipinski definition) is 3. The van der Waals surface area contributed by atoms with Gasteiger partial charge in [0, 0.05) is 10.9 Å². The van der Waals surface area contributed by atoms with Crippen molar-refractivity contribution < 1.29 is 14.3 Å². The number of benzene rings is 3. The van der Waals surface area contributed by atoms with E-state index >= 15 is 0 Å². The Morgan fingerprint density at radius 1 is 0.971 bits per heavy atom. The molecular weight excluding hydrogens is 434 g/mol. The van der Waals surface area contributed by atoms with Crippen LogP contribution in [-0.2, 0) is 4.79 Å². The van der Waals surface area contributed by atoms with Gasteiger partial charge in [-0.2, -0.15) is 10.2 Å². The predicted molar refractivity (Wildman–Crippen MR) is 128 cm³/mol. The summed E-state index contributed by atoms with van der Waals surface area (Å²) in [6.45, 7) is 0. The van der Waals surface area contributed by atoms with E-state index in [2.05, 4.69) is 26.0 Å². The number of nitrogens with one attached hydrogen (secondary N) is 3. The summed E-state index contributed by atoms with van der Waals surface area (Å²) in [6.07, 6.45) is 1.46. The molecule has 4 aromatic rings. The molecule has 0 aliphatic heterocycles. The van der Waals surface area contributed by atoms with Crippen molar-refractivity contribution in [2.45, 2.75) is 6.04 Å². The zero-order valence-corrected chi connectivity index (χ0v) is 18.2. The Morgan fingerprint density at radius 2 is 1.65 bits per heavy atom. The fourth-order valence-corrected chi connectivity index (χ4v) is 3.34. The van der Waals surface area contributed by atoms with Crippen LogP contribution >= 0.6 is 0 Å². The first-order valence-corrected chi connectivity index (χ1v) is 10.4. The van der Waals surface area contributed by atoms with Crippen molar-refractivity contribution in [2.24, 2.45) is 5.10 Å². The average molecular weight is 455 g/mol. The minimum absolute atomic E-state index is 0.191. The number of ether oxygens (including phenoxy) is 1. The Morgan fingerprint density at radius 3 is 2.35 bits per heavy atom. The molecule has 3 aromatic carbocycles. The van der Waals surface area contributed by atoms with Gasteiger partial charge in [-0.3, -0.25) is 14.4 Å². The quantitative estimate of drug-likeness (QED) is 0.292. The zero-order valence-electron chi connectivity index (χ0n) is 18.2. The van der Waals surface area contributed by atoms with E-state index in [9.17, 15) is 14.4 Å². The highest BCUT2D eigenvalue weighted by Gasteiger charge is 2.27. The van der Waals surface area contributed by atoms with Crippen LogP contribution in [0.25, 0.3) is 10.8 Å². The first kappa shape index (κ1) is 22.4. The third kappa shape index (κ3) is 4.99. The summed E-state index contributed by atoms with van der Waals surface area (Å²) in [5.41, 5.74) is 3.35. The second kappa shape index (κ2) is 10.2. The minimum atomic E-state index is -1.22. The number of aromatic amines is 1. The molecule has 0 bridgehead atoms. The molecule has 0 radical (unpaired) electrons. The second-order valence-electron chi connectivity index (χ2n) is 7.26. The van der Waals surface area contributed by atoms with Crippen LogP contribution in [0.3, 0.4) is 0 Å². The molecule has 1 aromatic heterocycles. The first-order chi connectivity index (χ1) is 16.6. The summed E-state index contributed by atoms with van der Waals surface area (Å²) >= 11 is 0. The van der Waals surface area contributed by atoms with E-state index in [0.717, 1.165) is 5.56 Å². The molecule has 1 atom stereocenters. The largest absolute Gasteiger partial charge is 0.497 e. The Labute approximate surface area is 194 Å². The van der Waals surface area contributed by atoms with E-state index < -0.39 is 23.4 Å². The summed E-state index contributed by atoms with van der Waals surface area (Å²) in [7, 11) is 1.57. The van der Waals surface area contributed by atoms with Crippen molar-refractivity contribution in [3.05, 3.63) is 106 Å². The first-order valence-electron chi connectivity index (χ1n) is 10.4. The molecule has 1 unspecified atom stereocenters. The summed E-state index contributed by atoms with van der Waals surface area (Å²) < 4.78 is 5.12. The molecule has 0 aliphatic carbocycles. The molecule has 2 amide bonds. The lowest BCUT2D eigenvalue weighted by Crippen LogP contribution is -2.40. The van der Waals surface area contributed by atoms with Gasteiger partial charge < -0.3 is 10.1 Å². The number of methoxy groups -OCH3 is 1. The standard InChI is InChI=1S/C25H21N5O4/c1-34-18-13-11-16(12-14-18)15-26-29-25(33)22(27-23(31)17-7-3-2-4-8-17)21-19-9-5-6-10-20(19)24(32)30-28-21/h2-15,22H,1H3,(H,27,31)(H,29,33)(H,30,32). The topological polar surface area (TPSA) is 126 Å². The summed E-state index contributed by atoms with van der Waals surface area (Å²) in [5, 5.41) is 14.0. The molecule has 3 N–H and O–H groups in total. The van der Waals surface area contributed by atoms with E-state index in [4.69, 9.17) is 4.74 Å². The molecule has 34 heavy (non-hydrogen) atoms. The minimum Gasteiger partial charge on any atom is -0.497 e. The number of carbonyl (C=O) groups excluding carboxylic acids is 2. The number of amides is 2. The number of H-pyrrole nitrogens is 1. The number of nitrogens with zero attached hydrogens (tertiary/aromatic N) is 2. The summed E-state index contributed by atoms with van der Waals surface area (Å²) in [6, 6.07) is 21.1. The van der Waals surface area contributed by atoms with Crippen molar-refractivity contribution in [1.29, 1.82) is 0 Å². The Kier molecular flexibility index (Phi) is 6.73. The molecule has 0 saturated heterocycles. The van der Waals surface area contributed by atoms with Crippen molar-refractivity contribution in [2.75, 3.05) is 7.11 Å². The third-order valence-corrected chi connectivity index (χ3v) is 5.08. The van der Waals surface area contributed by atoms with Gasteiger partial charge in [0.2, 0.25) is 0 Å². The molecular formula is C25H21N5O4. The van der Waals surface area contributed by atoms with Crippen LogP contribution in [0, 0.1) is 0 Å². The van der Waals surface area contributed by atoms with Crippen molar-refractivity contribution in [1.82, 2.24) is 20.9 Å². The van der Waals surface area contributed by atoms with E-state index in [0.29, 0.717) is 22.1 Å². The van der Waals surface area contributed by atoms with Gasteiger partial charge in [0.15, 0.2) is 6.04 Å².